The van der Waals surface area contributed by atoms with E-state index in [0.29, 0.717) is 12.1 Å². The fourth-order valence-electron chi connectivity index (χ4n) is 2.61. The first-order valence-electron chi connectivity index (χ1n) is 7.62. The van der Waals surface area contributed by atoms with Crippen molar-refractivity contribution in [1.82, 2.24) is 4.90 Å². The van der Waals surface area contributed by atoms with Crippen LogP contribution in [0.2, 0.25) is 0 Å². The quantitative estimate of drug-likeness (QED) is 0.884. The van der Waals surface area contributed by atoms with Gasteiger partial charge in [-0.05, 0) is 36.7 Å². The minimum Gasteiger partial charge on any atom is -0.387 e. The molecule has 0 aromatic heterocycles. The summed E-state index contributed by atoms with van der Waals surface area (Å²) in [5, 5.41) is 19.3. The molecule has 0 aliphatic rings. The number of nitrogens with zero attached hydrogens (tertiary/aromatic N) is 2. The summed E-state index contributed by atoms with van der Waals surface area (Å²) in [7, 11) is 0. The van der Waals surface area contributed by atoms with Crippen LogP contribution in [0, 0.1) is 11.3 Å². The van der Waals surface area contributed by atoms with Crippen LogP contribution in [0.4, 0.5) is 0 Å². The first kappa shape index (κ1) is 16.2. The molecule has 2 rings (SSSR count). The summed E-state index contributed by atoms with van der Waals surface area (Å²) in [6.07, 6.45) is -0.498. The predicted molar refractivity (Wildman–Crippen MR) is 88.2 cm³/mol. The first-order valence-corrected chi connectivity index (χ1v) is 7.62. The zero-order chi connectivity index (χ0) is 15.9. The molecule has 0 spiro atoms. The molecule has 0 radical (unpaired) electrons. The topological polar surface area (TPSA) is 47.3 Å². The van der Waals surface area contributed by atoms with Crippen molar-refractivity contribution in [2.24, 2.45) is 0 Å². The molecular weight excluding hydrogens is 272 g/mol. The molecule has 0 saturated heterocycles. The molecule has 2 unspecified atom stereocenters. The Morgan fingerprint density at radius 2 is 1.68 bits per heavy atom. The smallest absolute Gasteiger partial charge is 0.0991 e. The summed E-state index contributed by atoms with van der Waals surface area (Å²) in [5.74, 6) is 0. The lowest BCUT2D eigenvalue weighted by atomic mass is 10.0. The molecule has 0 fully saturated rings. The molecule has 2 atom stereocenters. The van der Waals surface area contributed by atoms with Crippen molar-refractivity contribution in [3.8, 4) is 6.07 Å². The SMILES string of the molecule is CCN(CC(O)c1ccccc1)C(C)c1ccc(C#N)cc1. The van der Waals surface area contributed by atoms with E-state index in [1.54, 1.807) is 0 Å². The Morgan fingerprint density at radius 3 is 2.23 bits per heavy atom. The Hall–Kier alpha value is -2.15. The van der Waals surface area contributed by atoms with Gasteiger partial charge in [0.1, 0.15) is 0 Å². The highest BCUT2D eigenvalue weighted by atomic mass is 16.3. The zero-order valence-corrected chi connectivity index (χ0v) is 13.1. The molecule has 0 saturated carbocycles. The van der Waals surface area contributed by atoms with Crippen LogP contribution in [-0.4, -0.2) is 23.1 Å². The number of hydrogen-bond donors (Lipinski definition) is 1. The van der Waals surface area contributed by atoms with Crippen LogP contribution in [0.15, 0.2) is 54.6 Å². The summed E-state index contributed by atoms with van der Waals surface area (Å²) in [6.45, 7) is 5.66. The van der Waals surface area contributed by atoms with Gasteiger partial charge < -0.3 is 5.11 Å². The average Bonchev–Trinajstić information content (AvgIpc) is 2.59. The number of aliphatic hydroxyl groups excluding tert-OH is 1. The van der Waals surface area contributed by atoms with E-state index < -0.39 is 6.10 Å². The lowest BCUT2D eigenvalue weighted by molar-refractivity contribution is 0.0946. The summed E-state index contributed by atoms with van der Waals surface area (Å²) in [4.78, 5) is 2.24. The normalized spacial score (nSPS) is 13.6. The largest absolute Gasteiger partial charge is 0.387 e. The number of hydrogen-bond acceptors (Lipinski definition) is 3. The van der Waals surface area contributed by atoms with Gasteiger partial charge in [0.05, 0.1) is 17.7 Å². The third-order valence-electron chi connectivity index (χ3n) is 4.07. The number of aliphatic hydroxyl groups is 1. The van der Waals surface area contributed by atoms with Crippen molar-refractivity contribution in [1.29, 1.82) is 5.26 Å². The fourth-order valence-corrected chi connectivity index (χ4v) is 2.61. The molecule has 3 heteroatoms. The molecule has 22 heavy (non-hydrogen) atoms. The Kier molecular flexibility index (Phi) is 5.71. The minimum absolute atomic E-state index is 0.191. The molecule has 0 bridgehead atoms. The van der Waals surface area contributed by atoms with Crippen molar-refractivity contribution in [3.05, 3.63) is 71.3 Å². The molecule has 0 aliphatic carbocycles. The molecular formula is C19H22N2O. The summed E-state index contributed by atoms with van der Waals surface area (Å²) >= 11 is 0. The number of rotatable bonds is 6. The summed E-state index contributed by atoms with van der Waals surface area (Å²) in [5.41, 5.74) is 2.76. The van der Waals surface area contributed by atoms with Crippen LogP contribution in [0.5, 0.6) is 0 Å². The second-order valence-corrected chi connectivity index (χ2v) is 5.42. The van der Waals surface area contributed by atoms with Gasteiger partial charge in [0.15, 0.2) is 0 Å². The maximum absolute atomic E-state index is 10.4. The third kappa shape index (κ3) is 3.94. The first-order chi connectivity index (χ1) is 10.7. The highest BCUT2D eigenvalue weighted by Crippen LogP contribution is 2.23. The van der Waals surface area contributed by atoms with Crippen molar-refractivity contribution in [2.45, 2.75) is 26.0 Å². The molecule has 3 nitrogen and oxygen atoms in total. The van der Waals surface area contributed by atoms with Crippen molar-refractivity contribution in [3.63, 3.8) is 0 Å². The van der Waals surface area contributed by atoms with Gasteiger partial charge in [-0.3, -0.25) is 4.90 Å². The van der Waals surface area contributed by atoms with E-state index in [9.17, 15) is 5.11 Å². The number of benzene rings is 2. The minimum atomic E-state index is -0.498. The van der Waals surface area contributed by atoms with Gasteiger partial charge in [0, 0.05) is 12.6 Å². The maximum atomic E-state index is 10.4. The molecule has 2 aromatic carbocycles. The molecule has 2 aromatic rings. The molecule has 114 valence electrons. The predicted octanol–water partition coefficient (Wildman–Crippen LogP) is 3.67. The van der Waals surface area contributed by atoms with Crippen LogP contribution in [0.1, 0.15) is 42.7 Å². The third-order valence-corrected chi connectivity index (χ3v) is 4.07. The molecule has 0 heterocycles. The lowest BCUT2D eigenvalue weighted by Gasteiger charge is -2.30. The Morgan fingerprint density at radius 1 is 1.05 bits per heavy atom. The van der Waals surface area contributed by atoms with Gasteiger partial charge >= 0.3 is 0 Å². The van der Waals surface area contributed by atoms with Gasteiger partial charge in [-0.25, -0.2) is 0 Å². The Bertz CT molecular complexity index is 616. The summed E-state index contributed by atoms with van der Waals surface area (Å²) < 4.78 is 0. The van der Waals surface area contributed by atoms with E-state index in [4.69, 9.17) is 5.26 Å². The second kappa shape index (κ2) is 7.74. The molecule has 1 N–H and O–H groups in total. The fraction of sp³-hybridized carbons (Fsp3) is 0.316. The summed E-state index contributed by atoms with van der Waals surface area (Å²) in [6, 6.07) is 19.7. The average molecular weight is 294 g/mol. The molecule has 0 amide bonds. The Labute approximate surface area is 132 Å². The van der Waals surface area contributed by atoms with Crippen LogP contribution < -0.4 is 0 Å². The number of likely N-dealkylation sites (N-methyl/N-ethyl adjacent to an activating group) is 1. The van der Waals surface area contributed by atoms with Gasteiger partial charge in [-0.15, -0.1) is 0 Å². The van der Waals surface area contributed by atoms with Crippen molar-refractivity contribution in [2.75, 3.05) is 13.1 Å². The zero-order valence-electron chi connectivity index (χ0n) is 13.1. The van der Waals surface area contributed by atoms with Gasteiger partial charge in [0.25, 0.3) is 0 Å². The van der Waals surface area contributed by atoms with Crippen LogP contribution in [0.25, 0.3) is 0 Å². The highest BCUT2D eigenvalue weighted by Gasteiger charge is 2.18. The van der Waals surface area contributed by atoms with Gasteiger partial charge in [-0.1, -0.05) is 49.4 Å². The monoisotopic (exact) mass is 294 g/mol. The van der Waals surface area contributed by atoms with E-state index in [0.717, 1.165) is 17.7 Å². The van der Waals surface area contributed by atoms with Crippen molar-refractivity contribution >= 4 is 0 Å². The van der Waals surface area contributed by atoms with E-state index in [1.807, 2.05) is 54.6 Å². The highest BCUT2D eigenvalue weighted by molar-refractivity contribution is 5.32. The maximum Gasteiger partial charge on any atom is 0.0991 e. The van der Waals surface area contributed by atoms with E-state index >= 15 is 0 Å². The second-order valence-electron chi connectivity index (χ2n) is 5.42. The van der Waals surface area contributed by atoms with E-state index in [-0.39, 0.29) is 6.04 Å². The van der Waals surface area contributed by atoms with Crippen LogP contribution >= 0.6 is 0 Å². The van der Waals surface area contributed by atoms with Crippen LogP contribution in [0.3, 0.4) is 0 Å². The standard InChI is InChI=1S/C19H22N2O/c1-3-21(14-19(22)18-7-5-4-6-8-18)15(2)17-11-9-16(13-20)10-12-17/h4-12,15,19,22H,3,14H2,1-2H3. The molecule has 0 aliphatic heterocycles. The van der Waals surface area contributed by atoms with Crippen molar-refractivity contribution < 1.29 is 5.11 Å². The Balaban J connectivity index is 2.08. The van der Waals surface area contributed by atoms with E-state index in [2.05, 4.69) is 24.8 Å². The van der Waals surface area contributed by atoms with Gasteiger partial charge in [0.2, 0.25) is 0 Å². The van der Waals surface area contributed by atoms with Gasteiger partial charge in [-0.2, -0.15) is 5.26 Å². The lowest BCUT2D eigenvalue weighted by Crippen LogP contribution is -2.31. The van der Waals surface area contributed by atoms with E-state index in [1.165, 1.54) is 0 Å². The van der Waals surface area contributed by atoms with Crippen LogP contribution in [-0.2, 0) is 0 Å². The number of nitriles is 1.